The monoisotopic (exact) mass is 660 g/mol. The van der Waals surface area contributed by atoms with Crippen LogP contribution in [0.4, 0.5) is 20.2 Å². The van der Waals surface area contributed by atoms with Crippen LogP contribution < -0.4 is 15.5 Å². The number of nitrogens with zero attached hydrogens (tertiary/aromatic N) is 5. The Morgan fingerprint density at radius 1 is 1.04 bits per heavy atom. The second-order valence-electron chi connectivity index (χ2n) is 14.7. The van der Waals surface area contributed by atoms with E-state index in [-0.39, 0.29) is 42.3 Å². The number of amides is 3. The Morgan fingerprint density at radius 2 is 1.79 bits per heavy atom. The molecule has 3 aromatic rings. The van der Waals surface area contributed by atoms with Crippen LogP contribution in [-0.4, -0.2) is 81.2 Å². The lowest BCUT2D eigenvalue weighted by Gasteiger charge is -2.39. The molecule has 5 aliphatic rings. The second kappa shape index (κ2) is 11.8. The number of aromatic nitrogens is 4. The zero-order chi connectivity index (χ0) is 33.2. The first-order valence-corrected chi connectivity index (χ1v) is 17.3. The Kier molecular flexibility index (Phi) is 7.65. The van der Waals surface area contributed by atoms with Gasteiger partial charge in [-0.05, 0) is 62.1 Å². The van der Waals surface area contributed by atoms with Crippen LogP contribution in [0.15, 0.2) is 36.7 Å². The molecule has 3 N–H and O–H groups in total. The standard InChI is InChI=1S/C35H42F2N8O3/c1-34-17-28-27(16-29(34)35(34,36)37)31(42-41-28)33(48)39-23-18-38-45(20-23)25-6-2-21(3-7-25)19-43-12-14-44(15-13-43)24-8-4-22(5-9-24)26-10-11-30(46)40-32(26)47/h4-5,8-9,18,20-21,25-26,29H,2-3,6-7,10-17,19H2,1H3,(H,39,48)(H,41,42)(H,40,46,47)/t21?,25?,26-,29+,34-/m1/s1. The fraction of sp³-hybridized carbons (Fsp3) is 0.571. The Morgan fingerprint density at radius 3 is 2.52 bits per heavy atom. The molecule has 2 saturated heterocycles. The normalized spacial score (nSPS) is 29.9. The molecular weight excluding hydrogens is 618 g/mol. The zero-order valence-electron chi connectivity index (χ0n) is 27.2. The number of H-pyrrole nitrogens is 1. The molecule has 3 atom stereocenters. The van der Waals surface area contributed by atoms with Crippen molar-refractivity contribution in [2.75, 3.05) is 42.9 Å². The van der Waals surface area contributed by atoms with Crippen LogP contribution in [0.5, 0.6) is 0 Å². The third-order valence-corrected chi connectivity index (χ3v) is 11.8. The molecule has 48 heavy (non-hydrogen) atoms. The van der Waals surface area contributed by atoms with Gasteiger partial charge in [-0.15, -0.1) is 0 Å². The lowest BCUT2D eigenvalue weighted by atomic mass is 9.85. The van der Waals surface area contributed by atoms with Gasteiger partial charge in [0.2, 0.25) is 11.8 Å². The Bertz CT molecular complexity index is 1720. The molecule has 3 aliphatic carbocycles. The van der Waals surface area contributed by atoms with Crippen molar-refractivity contribution < 1.29 is 23.2 Å². The van der Waals surface area contributed by atoms with Crippen molar-refractivity contribution in [3.05, 3.63) is 59.2 Å². The molecule has 254 valence electrons. The minimum atomic E-state index is -2.70. The molecule has 0 bridgehead atoms. The van der Waals surface area contributed by atoms with Crippen LogP contribution in [0.3, 0.4) is 0 Å². The molecule has 1 aromatic carbocycles. The highest BCUT2D eigenvalue weighted by Gasteiger charge is 2.78. The van der Waals surface area contributed by atoms with E-state index in [0.717, 1.165) is 64.0 Å². The fourth-order valence-corrected chi connectivity index (χ4v) is 8.66. The summed E-state index contributed by atoms with van der Waals surface area (Å²) in [4.78, 5) is 41.8. The van der Waals surface area contributed by atoms with Crippen molar-refractivity contribution in [2.24, 2.45) is 17.3 Å². The first kappa shape index (κ1) is 31.2. The zero-order valence-corrected chi connectivity index (χ0v) is 27.2. The number of aromatic amines is 1. The molecule has 4 fully saturated rings. The summed E-state index contributed by atoms with van der Waals surface area (Å²) in [5.41, 5.74) is 3.13. The van der Waals surface area contributed by atoms with Gasteiger partial charge in [-0.2, -0.15) is 10.2 Å². The number of carbonyl (C=O) groups excluding carboxylic acids is 3. The van der Waals surface area contributed by atoms with Crippen LogP contribution in [0.2, 0.25) is 0 Å². The van der Waals surface area contributed by atoms with Crippen LogP contribution in [0, 0.1) is 17.3 Å². The molecule has 2 saturated carbocycles. The number of alkyl halides is 2. The van der Waals surface area contributed by atoms with Crippen LogP contribution in [0.1, 0.15) is 84.7 Å². The number of piperidine rings is 1. The van der Waals surface area contributed by atoms with Gasteiger partial charge in [0.05, 0.1) is 23.8 Å². The maximum atomic E-state index is 14.3. The van der Waals surface area contributed by atoms with E-state index in [0.29, 0.717) is 35.7 Å². The van der Waals surface area contributed by atoms with Crippen molar-refractivity contribution in [2.45, 2.75) is 76.2 Å². The van der Waals surface area contributed by atoms with E-state index in [1.807, 2.05) is 23.0 Å². The van der Waals surface area contributed by atoms with Gasteiger partial charge in [-0.3, -0.25) is 34.4 Å². The SMILES string of the molecule is C[C@@]12Cc3[nH]nc(C(=O)Nc4cnn(C5CCC(CN6CCN(c7ccc([C@H]8CCC(=O)NC8=O)cc7)CC6)CC5)c4)c3C[C@@H]1C2(F)F. The van der Waals surface area contributed by atoms with Gasteiger partial charge >= 0.3 is 0 Å². The predicted molar refractivity (Wildman–Crippen MR) is 174 cm³/mol. The minimum Gasteiger partial charge on any atom is -0.369 e. The largest absolute Gasteiger partial charge is 0.369 e. The van der Waals surface area contributed by atoms with E-state index in [1.165, 1.54) is 5.69 Å². The number of imide groups is 1. The summed E-state index contributed by atoms with van der Waals surface area (Å²) in [7, 11) is 0. The molecule has 11 nitrogen and oxygen atoms in total. The fourth-order valence-electron chi connectivity index (χ4n) is 8.66. The minimum absolute atomic E-state index is 0.165. The number of piperazine rings is 1. The molecule has 0 radical (unpaired) electrons. The predicted octanol–water partition coefficient (Wildman–Crippen LogP) is 4.30. The summed E-state index contributed by atoms with van der Waals surface area (Å²) in [5.74, 6) is -3.84. The van der Waals surface area contributed by atoms with E-state index < -0.39 is 23.2 Å². The summed E-state index contributed by atoms with van der Waals surface area (Å²) >= 11 is 0. The number of anilines is 2. The molecule has 3 amide bonds. The van der Waals surface area contributed by atoms with Gasteiger partial charge in [-0.1, -0.05) is 19.1 Å². The average molecular weight is 661 g/mol. The molecule has 4 heterocycles. The highest BCUT2D eigenvalue weighted by molar-refractivity contribution is 6.04. The van der Waals surface area contributed by atoms with E-state index in [1.54, 1.807) is 13.1 Å². The van der Waals surface area contributed by atoms with Crippen molar-refractivity contribution in [3.63, 3.8) is 0 Å². The summed E-state index contributed by atoms with van der Waals surface area (Å²) in [5, 5.41) is 16.9. The highest BCUT2D eigenvalue weighted by Crippen LogP contribution is 2.70. The molecular formula is C35H42F2N8O3. The van der Waals surface area contributed by atoms with Gasteiger partial charge in [0.1, 0.15) is 0 Å². The van der Waals surface area contributed by atoms with Gasteiger partial charge in [0, 0.05) is 80.0 Å². The molecule has 0 spiro atoms. The maximum absolute atomic E-state index is 14.3. The van der Waals surface area contributed by atoms with Crippen molar-refractivity contribution in [1.82, 2.24) is 30.2 Å². The highest BCUT2D eigenvalue weighted by atomic mass is 19.3. The van der Waals surface area contributed by atoms with Gasteiger partial charge < -0.3 is 10.2 Å². The number of nitrogens with one attached hydrogen (secondary N) is 3. The molecule has 2 aromatic heterocycles. The van der Waals surface area contributed by atoms with Gasteiger partial charge in [-0.25, -0.2) is 8.78 Å². The first-order valence-electron chi connectivity index (χ1n) is 17.3. The van der Waals surface area contributed by atoms with E-state index >= 15 is 0 Å². The first-order chi connectivity index (χ1) is 23.1. The second-order valence-corrected chi connectivity index (χ2v) is 14.7. The summed E-state index contributed by atoms with van der Waals surface area (Å²) < 4.78 is 30.6. The number of hydrogen-bond donors (Lipinski definition) is 3. The molecule has 13 heteroatoms. The average Bonchev–Trinajstić information content (AvgIpc) is 3.50. The van der Waals surface area contributed by atoms with Crippen LogP contribution in [-0.2, 0) is 22.4 Å². The third kappa shape index (κ3) is 5.49. The summed E-state index contributed by atoms with van der Waals surface area (Å²) in [6.07, 6.45) is 9.14. The number of halogens is 2. The summed E-state index contributed by atoms with van der Waals surface area (Å²) in [6.45, 7) is 6.65. The maximum Gasteiger partial charge on any atom is 0.276 e. The topological polar surface area (TPSA) is 128 Å². The number of rotatable bonds is 7. The molecule has 2 aliphatic heterocycles. The lowest BCUT2D eigenvalue weighted by Crippen LogP contribution is -2.48. The summed E-state index contributed by atoms with van der Waals surface area (Å²) in [6, 6.07) is 8.52. The molecule has 0 unspecified atom stereocenters. The number of fused-ring (bicyclic) bond motifs is 2. The molecule has 8 rings (SSSR count). The van der Waals surface area contributed by atoms with Gasteiger partial charge in [0.25, 0.3) is 11.8 Å². The lowest BCUT2D eigenvalue weighted by molar-refractivity contribution is -0.134. The quantitative estimate of drug-likeness (QED) is 0.323. The van der Waals surface area contributed by atoms with Crippen LogP contribution >= 0.6 is 0 Å². The Labute approximate surface area is 277 Å². The van der Waals surface area contributed by atoms with Crippen LogP contribution in [0.25, 0.3) is 0 Å². The van der Waals surface area contributed by atoms with Crippen molar-refractivity contribution in [3.8, 4) is 0 Å². The Hall–Kier alpha value is -4.13. The third-order valence-electron chi connectivity index (χ3n) is 11.8. The van der Waals surface area contributed by atoms with Crippen molar-refractivity contribution in [1.29, 1.82) is 0 Å². The van der Waals surface area contributed by atoms with Gasteiger partial charge in [0.15, 0.2) is 5.69 Å². The number of benzene rings is 1. The van der Waals surface area contributed by atoms with E-state index in [4.69, 9.17) is 0 Å². The number of hydrogen-bond acceptors (Lipinski definition) is 7. The van der Waals surface area contributed by atoms with E-state index in [9.17, 15) is 23.2 Å². The Balaban J connectivity index is 0.784. The number of carbonyl (C=O) groups is 3. The van der Waals surface area contributed by atoms with E-state index in [2.05, 4.69) is 47.9 Å². The smallest absolute Gasteiger partial charge is 0.276 e. The van der Waals surface area contributed by atoms with Crippen molar-refractivity contribution >= 4 is 29.1 Å².